The van der Waals surface area contributed by atoms with E-state index in [-0.39, 0.29) is 5.41 Å². The molecule has 0 amide bonds. The van der Waals surface area contributed by atoms with Crippen LogP contribution in [0.1, 0.15) is 36.1 Å². The van der Waals surface area contributed by atoms with Gasteiger partial charge in [0.25, 0.3) is 0 Å². The van der Waals surface area contributed by atoms with Crippen molar-refractivity contribution in [3.8, 4) is 62.8 Å². The fraction of sp³-hybridized carbons (Fsp3) is 0.0800. The molecule has 56 heavy (non-hydrogen) atoms. The van der Waals surface area contributed by atoms with Crippen molar-refractivity contribution in [2.75, 3.05) is 6.61 Å². The molecular weight excluding hydrogens is 687 g/mol. The fourth-order valence-electron chi connectivity index (χ4n) is 8.49. The second-order valence-corrected chi connectivity index (χ2v) is 14.7. The predicted octanol–water partition coefficient (Wildman–Crippen LogP) is 11.7. The van der Waals surface area contributed by atoms with Crippen molar-refractivity contribution < 1.29 is 4.74 Å². The van der Waals surface area contributed by atoms with Gasteiger partial charge in [-0.05, 0) is 82.9 Å². The highest BCUT2D eigenvalue weighted by Crippen LogP contribution is 2.59. The van der Waals surface area contributed by atoms with Crippen molar-refractivity contribution in [3.05, 3.63) is 181 Å². The molecule has 0 radical (unpaired) electrons. The predicted molar refractivity (Wildman–Crippen MR) is 226 cm³/mol. The van der Waals surface area contributed by atoms with Gasteiger partial charge < -0.3 is 9.30 Å². The SMILES string of the molecule is C=C1/C=C\C=C/COc2c3c(c4c(c21)c1ccccc1n4-c1ccc(-c2nc(-c4ccccc4)nc(-c4ccc(C#N)cc4)n2)cc1)C(C)(C)c1ccccc1-3. The molecule has 0 unspecified atom stereocenters. The first-order valence-corrected chi connectivity index (χ1v) is 18.7. The van der Waals surface area contributed by atoms with Gasteiger partial charge in [-0.15, -0.1) is 0 Å². The summed E-state index contributed by atoms with van der Waals surface area (Å²) in [5.41, 5.74) is 12.9. The molecule has 6 heteroatoms. The van der Waals surface area contributed by atoms with Crippen LogP contribution in [0.15, 0.2) is 158 Å². The molecule has 0 N–H and O–H groups in total. The van der Waals surface area contributed by atoms with E-state index in [9.17, 15) is 5.26 Å². The highest BCUT2D eigenvalue weighted by Gasteiger charge is 2.42. The van der Waals surface area contributed by atoms with Gasteiger partial charge in [-0.2, -0.15) is 5.26 Å². The van der Waals surface area contributed by atoms with Gasteiger partial charge in [0.1, 0.15) is 12.4 Å². The Morgan fingerprint density at radius 2 is 1.32 bits per heavy atom. The van der Waals surface area contributed by atoms with Crippen molar-refractivity contribution in [2.24, 2.45) is 0 Å². The number of nitriles is 1. The number of aromatic nitrogens is 4. The molecular formula is C50H35N5O. The van der Waals surface area contributed by atoms with Gasteiger partial charge in [0.05, 0.1) is 22.7 Å². The van der Waals surface area contributed by atoms with Crippen LogP contribution in [0.2, 0.25) is 0 Å². The number of nitrogens with zero attached hydrogens (tertiary/aromatic N) is 5. The van der Waals surface area contributed by atoms with E-state index in [4.69, 9.17) is 19.7 Å². The summed E-state index contributed by atoms with van der Waals surface area (Å²) in [6.07, 6.45) is 8.22. The Balaban J connectivity index is 1.21. The van der Waals surface area contributed by atoms with E-state index in [0.29, 0.717) is 29.6 Å². The Kier molecular flexibility index (Phi) is 7.65. The highest BCUT2D eigenvalue weighted by molar-refractivity contribution is 6.19. The minimum absolute atomic E-state index is 0.319. The second-order valence-electron chi connectivity index (χ2n) is 14.7. The molecule has 0 atom stereocenters. The molecule has 8 aromatic rings. The van der Waals surface area contributed by atoms with Crippen LogP contribution in [0.25, 0.3) is 78.4 Å². The Bertz CT molecular complexity index is 3000. The number of para-hydroxylation sites is 1. The van der Waals surface area contributed by atoms with E-state index in [2.05, 4.69) is 116 Å². The van der Waals surface area contributed by atoms with E-state index >= 15 is 0 Å². The number of benzene rings is 6. The summed E-state index contributed by atoms with van der Waals surface area (Å²) in [5, 5.41) is 11.7. The van der Waals surface area contributed by atoms with Gasteiger partial charge in [-0.1, -0.05) is 111 Å². The maximum absolute atomic E-state index is 9.39. The lowest BCUT2D eigenvalue weighted by molar-refractivity contribution is 0.364. The summed E-state index contributed by atoms with van der Waals surface area (Å²) >= 11 is 0. The topological polar surface area (TPSA) is 76.6 Å². The minimum Gasteiger partial charge on any atom is -0.488 e. The number of hydrogen-bond donors (Lipinski definition) is 0. The largest absolute Gasteiger partial charge is 0.488 e. The van der Waals surface area contributed by atoms with Crippen LogP contribution in [-0.4, -0.2) is 26.1 Å². The molecule has 266 valence electrons. The van der Waals surface area contributed by atoms with Crippen LogP contribution in [0, 0.1) is 11.3 Å². The fourth-order valence-corrected chi connectivity index (χ4v) is 8.49. The Hall–Kier alpha value is -7.36. The molecule has 0 saturated heterocycles. The van der Waals surface area contributed by atoms with Crippen LogP contribution < -0.4 is 4.74 Å². The first-order chi connectivity index (χ1) is 27.4. The molecule has 0 bridgehead atoms. The van der Waals surface area contributed by atoms with Gasteiger partial charge in [-0.3, -0.25) is 0 Å². The Morgan fingerprint density at radius 1 is 0.696 bits per heavy atom. The zero-order valence-corrected chi connectivity index (χ0v) is 31.0. The molecule has 6 aromatic carbocycles. The summed E-state index contributed by atoms with van der Waals surface area (Å²) in [4.78, 5) is 14.8. The first kappa shape index (κ1) is 33.2. The molecule has 6 nitrogen and oxygen atoms in total. The average molecular weight is 722 g/mol. The van der Waals surface area contributed by atoms with E-state index in [1.54, 1.807) is 12.1 Å². The zero-order chi connectivity index (χ0) is 38.0. The number of allylic oxidation sites excluding steroid dienone is 4. The Labute approximate surface area is 325 Å². The monoisotopic (exact) mass is 721 g/mol. The van der Waals surface area contributed by atoms with E-state index in [1.165, 1.54) is 16.7 Å². The van der Waals surface area contributed by atoms with Gasteiger partial charge in [0, 0.05) is 49.7 Å². The second kappa shape index (κ2) is 12.9. The summed E-state index contributed by atoms with van der Waals surface area (Å²) in [7, 11) is 0. The molecule has 0 spiro atoms. The van der Waals surface area contributed by atoms with Crippen molar-refractivity contribution in [3.63, 3.8) is 0 Å². The van der Waals surface area contributed by atoms with Gasteiger partial charge in [-0.25, -0.2) is 15.0 Å². The average Bonchev–Trinajstić information content (AvgIpc) is 3.73. The lowest BCUT2D eigenvalue weighted by atomic mass is 9.80. The van der Waals surface area contributed by atoms with Crippen LogP contribution in [0.3, 0.4) is 0 Å². The molecule has 3 heterocycles. The highest BCUT2D eigenvalue weighted by atomic mass is 16.5. The maximum atomic E-state index is 9.39. The van der Waals surface area contributed by atoms with Crippen LogP contribution in [0.4, 0.5) is 0 Å². The number of ether oxygens (including phenoxy) is 1. The molecule has 2 aliphatic rings. The number of rotatable bonds is 4. The molecule has 1 aliphatic heterocycles. The summed E-state index contributed by atoms with van der Waals surface area (Å²) < 4.78 is 9.18. The van der Waals surface area contributed by atoms with Gasteiger partial charge in [0.2, 0.25) is 0 Å². The van der Waals surface area contributed by atoms with Crippen molar-refractivity contribution in [1.29, 1.82) is 5.26 Å². The standard InChI is InChI=1S/C50H35N5O/c1-31-14-6-5-13-29-56-46-41(31)42-38-18-10-12-20-40(38)55(45(42)44-43(46)37-17-9-11-19-39(37)50(44,2)3)36-27-25-35(26-28-36)49-53-47(33-15-7-4-8-16-33)52-48(54-49)34-23-21-32(30-51)22-24-34/h4-28H,1,29H2,2-3H3/b13-5-,14-6-. The minimum atomic E-state index is -0.319. The molecule has 1 aliphatic carbocycles. The lowest BCUT2D eigenvalue weighted by Gasteiger charge is -2.26. The quantitative estimate of drug-likeness (QED) is 0.181. The zero-order valence-electron chi connectivity index (χ0n) is 31.0. The molecule has 0 saturated carbocycles. The summed E-state index contributed by atoms with van der Waals surface area (Å²) in [5.74, 6) is 2.57. The molecule has 2 aromatic heterocycles. The Morgan fingerprint density at radius 3 is 2.04 bits per heavy atom. The van der Waals surface area contributed by atoms with Crippen molar-refractivity contribution in [1.82, 2.24) is 19.5 Å². The van der Waals surface area contributed by atoms with Crippen LogP contribution >= 0.6 is 0 Å². The molecule has 0 fully saturated rings. The van der Waals surface area contributed by atoms with Crippen LogP contribution in [0.5, 0.6) is 5.75 Å². The van der Waals surface area contributed by atoms with Gasteiger partial charge in [0.15, 0.2) is 17.5 Å². The first-order valence-electron chi connectivity index (χ1n) is 18.7. The smallest absolute Gasteiger partial charge is 0.164 e. The number of fused-ring (bicyclic) bond motifs is 10. The molecule has 10 rings (SSSR count). The normalized spacial score (nSPS) is 15.1. The third-order valence-electron chi connectivity index (χ3n) is 11.1. The van der Waals surface area contributed by atoms with E-state index in [1.807, 2.05) is 54.6 Å². The van der Waals surface area contributed by atoms with Crippen molar-refractivity contribution >= 4 is 27.4 Å². The van der Waals surface area contributed by atoms with E-state index < -0.39 is 0 Å². The van der Waals surface area contributed by atoms with Crippen molar-refractivity contribution in [2.45, 2.75) is 19.3 Å². The third kappa shape index (κ3) is 5.13. The summed E-state index contributed by atoms with van der Waals surface area (Å²) in [6.45, 7) is 9.74. The van der Waals surface area contributed by atoms with E-state index in [0.717, 1.165) is 66.6 Å². The maximum Gasteiger partial charge on any atom is 0.164 e. The summed E-state index contributed by atoms with van der Waals surface area (Å²) in [6, 6.07) is 45.4. The third-order valence-corrected chi connectivity index (χ3v) is 11.1. The number of hydrogen-bond acceptors (Lipinski definition) is 5. The van der Waals surface area contributed by atoms with Crippen LogP contribution in [-0.2, 0) is 5.41 Å². The van der Waals surface area contributed by atoms with Gasteiger partial charge >= 0.3 is 0 Å². The lowest BCUT2D eigenvalue weighted by Crippen LogP contribution is -2.17.